The second-order valence-corrected chi connectivity index (χ2v) is 6.40. The summed E-state index contributed by atoms with van der Waals surface area (Å²) in [5, 5.41) is 3.34. The van der Waals surface area contributed by atoms with Crippen LogP contribution in [0, 0.1) is 11.7 Å². The minimum absolute atomic E-state index is 0.0307. The summed E-state index contributed by atoms with van der Waals surface area (Å²) >= 11 is 0. The summed E-state index contributed by atoms with van der Waals surface area (Å²) in [5.41, 5.74) is 0.965. The van der Waals surface area contributed by atoms with Gasteiger partial charge in [-0.2, -0.15) is 0 Å². The SMILES string of the molecule is CC(C)CCOc1ccc(CNC(C)(C)C)cc1F. The standard InChI is InChI=1S/C16H26FNO/c1-12(2)8-9-19-15-7-6-13(10-14(15)17)11-18-16(3,4)5/h6-7,10,12,18H,8-9,11H2,1-5H3. The molecule has 0 spiro atoms. The molecule has 0 unspecified atom stereocenters. The van der Waals surface area contributed by atoms with Crippen LogP contribution in [0.2, 0.25) is 0 Å². The molecule has 1 N–H and O–H groups in total. The van der Waals surface area contributed by atoms with Gasteiger partial charge in [0.25, 0.3) is 0 Å². The maximum absolute atomic E-state index is 13.8. The van der Waals surface area contributed by atoms with Gasteiger partial charge in [-0.3, -0.25) is 0 Å². The molecule has 0 radical (unpaired) electrons. The van der Waals surface area contributed by atoms with Crippen LogP contribution in [0.15, 0.2) is 18.2 Å². The average Bonchev–Trinajstić information content (AvgIpc) is 2.27. The summed E-state index contributed by atoms with van der Waals surface area (Å²) in [6.07, 6.45) is 0.937. The third kappa shape index (κ3) is 6.58. The molecule has 1 aromatic carbocycles. The first-order valence-corrected chi connectivity index (χ1v) is 6.94. The van der Waals surface area contributed by atoms with Gasteiger partial charge >= 0.3 is 0 Å². The molecule has 0 aliphatic rings. The lowest BCUT2D eigenvalue weighted by molar-refractivity contribution is 0.276. The van der Waals surface area contributed by atoms with Crippen molar-refractivity contribution in [1.29, 1.82) is 0 Å². The monoisotopic (exact) mass is 267 g/mol. The number of ether oxygens (including phenoxy) is 1. The van der Waals surface area contributed by atoms with Gasteiger partial charge in [-0.25, -0.2) is 4.39 Å². The highest BCUT2D eigenvalue weighted by atomic mass is 19.1. The first kappa shape index (κ1) is 16.0. The summed E-state index contributed by atoms with van der Waals surface area (Å²) in [4.78, 5) is 0. The van der Waals surface area contributed by atoms with Gasteiger partial charge in [0.1, 0.15) is 0 Å². The molecule has 1 aromatic rings. The van der Waals surface area contributed by atoms with Gasteiger partial charge in [-0.05, 0) is 50.8 Å². The first-order valence-electron chi connectivity index (χ1n) is 6.94. The van der Waals surface area contributed by atoms with Gasteiger partial charge in [0.2, 0.25) is 0 Å². The highest BCUT2D eigenvalue weighted by Gasteiger charge is 2.10. The summed E-state index contributed by atoms with van der Waals surface area (Å²) in [7, 11) is 0. The number of benzene rings is 1. The maximum Gasteiger partial charge on any atom is 0.165 e. The van der Waals surface area contributed by atoms with Gasteiger partial charge in [-0.1, -0.05) is 19.9 Å². The van der Waals surface area contributed by atoms with Gasteiger partial charge in [-0.15, -0.1) is 0 Å². The number of halogens is 1. The largest absolute Gasteiger partial charge is 0.491 e. The van der Waals surface area contributed by atoms with Gasteiger partial charge in [0.15, 0.2) is 11.6 Å². The van der Waals surface area contributed by atoms with Gasteiger partial charge < -0.3 is 10.1 Å². The fraction of sp³-hybridized carbons (Fsp3) is 0.625. The molecule has 0 heterocycles. The van der Waals surface area contributed by atoms with Crippen molar-refractivity contribution in [2.75, 3.05) is 6.61 Å². The topological polar surface area (TPSA) is 21.3 Å². The Balaban J connectivity index is 2.54. The van der Waals surface area contributed by atoms with E-state index in [1.807, 2.05) is 6.07 Å². The van der Waals surface area contributed by atoms with Crippen LogP contribution in [-0.4, -0.2) is 12.1 Å². The Bertz CT molecular complexity index is 396. The zero-order chi connectivity index (χ0) is 14.5. The number of rotatable bonds is 6. The average molecular weight is 267 g/mol. The molecule has 0 amide bonds. The Hall–Kier alpha value is -1.09. The van der Waals surface area contributed by atoms with E-state index >= 15 is 0 Å². The molecule has 0 aliphatic carbocycles. The third-order valence-corrected chi connectivity index (χ3v) is 2.77. The predicted octanol–water partition coefficient (Wildman–Crippen LogP) is 4.14. The van der Waals surface area contributed by atoms with Crippen molar-refractivity contribution in [3.63, 3.8) is 0 Å². The molecular formula is C16H26FNO. The van der Waals surface area contributed by atoms with E-state index in [0.29, 0.717) is 24.8 Å². The Labute approximate surface area is 116 Å². The van der Waals surface area contributed by atoms with Crippen molar-refractivity contribution in [3.05, 3.63) is 29.6 Å². The Morgan fingerprint density at radius 2 is 1.95 bits per heavy atom. The summed E-state index contributed by atoms with van der Waals surface area (Å²) in [6, 6.07) is 5.17. The van der Waals surface area contributed by atoms with E-state index in [1.165, 1.54) is 0 Å². The highest BCUT2D eigenvalue weighted by Crippen LogP contribution is 2.19. The second-order valence-electron chi connectivity index (χ2n) is 6.40. The van der Waals surface area contributed by atoms with Crippen molar-refractivity contribution in [2.24, 2.45) is 5.92 Å². The normalized spacial score (nSPS) is 11.9. The quantitative estimate of drug-likeness (QED) is 0.836. The van der Waals surface area contributed by atoms with Crippen LogP contribution in [0.1, 0.15) is 46.6 Å². The van der Waals surface area contributed by atoms with E-state index in [9.17, 15) is 4.39 Å². The van der Waals surface area contributed by atoms with Crippen LogP contribution < -0.4 is 10.1 Å². The van der Waals surface area contributed by atoms with Crippen LogP contribution in [0.3, 0.4) is 0 Å². The molecule has 0 aromatic heterocycles. The Kier molecular flexibility index (Phi) is 5.80. The van der Waals surface area contributed by atoms with Crippen LogP contribution >= 0.6 is 0 Å². The van der Waals surface area contributed by atoms with E-state index in [4.69, 9.17) is 4.74 Å². The summed E-state index contributed by atoms with van der Waals surface area (Å²) in [6.45, 7) is 11.7. The molecule has 0 fully saturated rings. The summed E-state index contributed by atoms with van der Waals surface area (Å²) in [5.74, 6) is 0.635. The van der Waals surface area contributed by atoms with E-state index in [0.717, 1.165) is 12.0 Å². The lowest BCUT2D eigenvalue weighted by Gasteiger charge is -2.20. The highest BCUT2D eigenvalue weighted by molar-refractivity contribution is 5.29. The summed E-state index contributed by atoms with van der Waals surface area (Å²) < 4.78 is 19.3. The molecule has 19 heavy (non-hydrogen) atoms. The lowest BCUT2D eigenvalue weighted by atomic mass is 10.1. The van der Waals surface area contributed by atoms with E-state index < -0.39 is 0 Å². The molecular weight excluding hydrogens is 241 g/mol. The molecule has 108 valence electrons. The number of hydrogen-bond donors (Lipinski definition) is 1. The van der Waals surface area contributed by atoms with Crippen molar-refractivity contribution in [1.82, 2.24) is 5.32 Å². The van der Waals surface area contributed by atoms with Crippen LogP contribution in [0.4, 0.5) is 4.39 Å². The fourth-order valence-electron chi connectivity index (χ4n) is 1.54. The fourth-order valence-corrected chi connectivity index (χ4v) is 1.54. The van der Waals surface area contributed by atoms with E-state index in [1.54, 1.807) is 12.1 Å². The number of nitrogens with one attached hydrogen (secondary N) is 1. The molecule has 2 nitrogen and oxygen atoms in total. The smallest absolute Gasteiger partial charge is 0.165 e. The van der Waals surface area contributed by atoms with Gasteiger partial charge in [0.05, 0.1) is 6.61 Å². The molecule has 0 aliphatic heterocycles. The molecule has 0 bridgehead atoms. The zero-order valence-electron chi connectivity index (χ0n) is 12.7. The first-order chi connectivity index (χ1) is 8.78. The maximum atomic E-state index is 13.8. The Morgan fingerprint density at radius 3 is 2.47 bits per heavy atom. The molecule has 1 rings (SSSR count). The minimum atomic E-state index is -0.281. The van der Waals surface area contributed by atoms with Crippen LogP contribution in [0.25, 0.3) is 0 Å². The second kappa shape index (κ2) is 6.90. The van der Waals surface area contributed by atoms with Crippen LogP contribution in [0.5, 0.6) is 5.75 Å². The van der Waals surface area contributed by atoms with Crippen molar-refractivity contribution in [2.45, 2.75) is 53.1 Å². The van der Waals surface area contributed by atoms with Crippen molar-refractivity contribution in [3.8, 4) is 5.75 Å². The number of hydrogen-bond acceptors (Lipinski definition) is 2. The zero-order valence-corrected chi connectivity index (χ0v) is 12.7. The van der Waals surface area contributed by atoms with E-state index in [-0.39, 0.29) is 11.4 Å². The molecule has 0 atom stereocenters. The predicted molar refractivity (Wildman–Crippen MR) is 77.9 cm³/mol. The third-order valence-electron chi connectivity index (χ3n) is 2.77. The van der Waals surface area contributed by atoms with E-state index in [2.05, 4.69) is 39.9 Å². The van der Waals surface area contributed by atoms with Crippen molar-refractivity contribution >= 4 is 0 Å². The minimum Gasteiger partial charge on any atom is -0.491 e. The lowest BCUT2D eigenvalue weighted by Crippen LogP contribution is -2.35. The molecule has 0 saturated carbocycles. The molecule has 3 heteroatoms. The molecule has 0 saturated heterocycles. The Morgan fingerprint density at radius 1 is 1.26 bits per heavy atom. The van der Waals surface area contributed by atoms with Crippen LogP contribution in [-0.2, 0) is 6.54 Å². The van der Waals surface area contributed by atoms with Crippen molar-refractivity contribution < 1.29 is 9.13 Å². The van der Waals surface area contributed by atoms with Gasteiger partial charge in [0, 0.05) is 12.1 Å².